The van der Waals surface area contributed by atoms with E-state index in [0.29, 0.717) is 5.69 Å². The third kappa shape index (κ3) is 2.17. The molecule has 6 nitrogen and oxygen atoms in total. The number of ether oxygens (including phenoxy) is 1. The summed E-state index contributed by atoms with van der Waals surface area (Å²) in [6.45, 7) is -0.256. The fourth-order valence-corrected chi connectivity index (χ4v) is 1.19. The number of carbonyl (C=O) groups is 1. The molecular formula is C10H9N3O3. The first-order valence-corrected chi connectivity index (χ1v) is 4.56. The fraction of sp³-hybridized carbons (Fsp3) is 0.100. The Balaban J connectivity index is 2.23. The lowest BCUT2D eigenvalue weighted by atomic mass is 10.2. The van der Waals surface area contributed by atoms with Crippen molar-refractivity contribution in [2.24, 2.45) is 5.73 Å². The van der Waals surface area contributed by atoms with Gasteiger partial charge in [-0.25, -0.2) is 4.63 Å². The van der Waals surface area contributed by atoms with E-state index in [1.807, 2.05) is 30.3 Å². The van der Waals surface area contributed by atoms with Gasteiger partial charge in [0.2, 0.25) is 0 Å². The Morgan fingerprint density at radius 3 is 2.75 bits per heavy atom. The van der Waals surface area contributed by atoms with Gasteiger partial charge < -0.3 is 10.5 Å². The Morgan fingerprint density at radius 1 is 1.31 bits per heavy atom. The van der Waals surface area contributed by atoms with E-state index in [2.05, 4.69) is 14.9 Å². The summed E-state index contributed by atoms with van der Waals surface area (Å²) in [7, 11) is 0. The molecule has 16 heavy (non-hydrogen) atoms. The molecule has 1 heterocycles. The van der Waals surface area contributed by atoms with Crippen LogP contribution in [0.5, 0.6) is 5.88 Å². The highest BCUT2D eigenvalue weighted by atomic mass is 16.6. The van der Waals surface area contributed by atoms with Crippen molar-refractivity contribution in [3.63, 3.8) is 0 Å². The molecule has 0 unspecified atom stereocenters. The Morgan fingerprint density at radius 2 is 2.06 bits per heavy atom. The maximum absolute atomic E-state index is 10.6. The van der Waals surface area contributed by atoms with Crippen LogP contribution >= 0.6 is 0 Å². The first-order chi connectivity index (χ1) is 7.77. The lowest BCUT2D eigenvalue weighted by molar-refractivity contribution is -0.120. The van der Waals surface area contributed by atoms with Gasteiger partial charge in [0.05, 0.1) is 0 Å². The minimum atomic E-state index is -0.581. The van der Waals surface area contributed by atoms with Crippen LogP contribution in [0.15, 0.2) is 35.0 Å². The van der Waals surface area contributed by atoms with Crippen molar-refractivity contribution >= 4 is 5.91 Å². The molecular weight excluding hydrogens is 210 g/mol. The van der Waals surface area contributed by atoms with Crippen molar-refractivity contribution in [3.05, 3.63) is 30.3 Å². The highest BCUT2D eigenvalue weighted by Gasteiger charge is 2.13. The van der Waals surface area contributed by atoms with Gasteiger partial charge in [0.15, 0.2) is 12.3 Å². The number of nitrogens with zero attached hydrogens (tertiary/aromatic N) is 2. The van der Waals surface area contributed by atoms with E-state index < -0.39 is 5.91 Å². The summed E-state index contributed by atoms with van der Waals surface area (Å²) >= 11 is 0. The third-order valence-corrected chi connectivity index (χ3v) is 1.86. The summed E-state index contributed by atoms with van der Waals surface area (Å²) in [5.74, 6) is -0.424. The molecule has 82 valence electrons. The van der Waals surface area contributed by atoms with Crippen LogP contribution in [0.4, 0.5) is 0 Å². The predicted molar refractivity (Wildman–Crippen MR) is 54.4 cm³/mol. The van der Waals surface area contributed by atoms with Crippen LogP contribution in [0, 0.1) is 0 Å². The summed E-state index contributed by atoms with van der Waals surface area (Å²) in [6.07, 6.45) is 0. The van der Waals surface area contributed by atoms with Crippen LogP contribution in [0.2, 0.25) is 0 Å². The average molecular weight is 219 g/mol. The van der Waals surface area contributed by atoms with E-state index in [-0.39, 0.29) is 12.5 Å². The van der Waals surface area contributed by atoms with Crippen LogP contribution in [0.25, 0.3) is 11.3 Å². The zero-order valence-corrected chi connectivity index (χ0v) is 8.29. The van der Waals surface area contributed by atoms with Gasteiger partial charge in [0.1, 0.15) is 0 Å². The molecule has 1 aromatic carbocycles. The van der Waals surface area contributed by atoms with E-state index in [4.69, 9.17) is 10.5 Å². The molecule has 2 aromatic rings. The molecule has 0 radical (unpaired) electrons. The minimum Gasteiger partial charge on any atom is -0.464 e. The Bertz CT molecular complexity index is 481. The van der Waals surface area contributed by atoms with Crippen LogP contribution in [0.1, 0.15) is 0 Å². The van der Waals surface area contributed by atoms with Crippen molar-refractivity contribution in [1.82, 2.24) is 10.3 Å². The fourth-order valence-electron chi connectivity index (χ4n) is 1.19. The smallest absolute Gasteiger partial charge is 0.284 e. The molecule has 0 bridgehead atoms. The molecule has 2 rings (SSSR count). The van der Waals surface area contributed by atoms with Crippen molar-refractivity contribution in [1.29, 1.82) is 0 Å². The highest BCUT2D eigenvalue weighted by molar-refractivity contribution is 5.75. The summed E-state index contributed by atoms with van der Waals surface area (Å²) < 4.78 is 9.61. The van der Waals surface area contributed by atoms with Crippen molar-refractivity contribution in [2.75, 3.05) is 6.61 Å². The molecule has 1 aromatic heterocycles. The number of hydrogen-bond acceptors (Lipinski definition) is 5. The lowest BCUT2D eigenvalue weighted by Gasteiger charge is -2.00. The number of amides is 1. The van der Waals surface area contributed by atoms with Gasteiger partial charge in [0.25, 0.3) is 11.8 Å². The summed E-state index contributed by atoms with van der Waals surface area (Å²) in [4.78, 5) is 10.6. The highest BCUT2D eigenvalue weighted by Crippen LogP contribution is 2.25. The van der Waals surface area contributed by atoms with Crippen LogP contribution in [-0.4, -0.2) is 22.8 Å². The van der Waals surface area contributed by atoms with Gasteiger partial charge in [-0.1, -0.05) is 30.3 Å². The van der Waals surface area contributed by atoms with Gasteiger partial charge in [-0.05, 0) is 10.3 Å². The number of nitrogens with two attached hydrogens (primary N) is 1. The molecule has 0 aliphatic heterocycles. The molecule has 0 aliphatic rings. The standard InChI is InChI=1S/C10H9N3O3/c11-8(14)6-15-10-9(12-16-13-10)7-4-2-1-3-5-7/h1-5H,6H2,(H2,11,14). The predicted octanol–water partition coefficient (Wildman–Crippen LogP) is 0.601. The van der Waals surface area contributed by atoms with E-state index in [9.17, 15) is 4.79 Å². The van der Waals surface area contributed by atoms with E-state index in [1.54, 1.807) is 0 Å². The van der Waals surface area contributed by atoms with Crippen LogP contribution in [-0.2, 0) is 4.79 Å². The maximum atomic E-state index is 10.6. The first kappa shape index (κ1) is 10.2. The second-order valence-electron chi connectivity index (χ2n) is 3.04. The van der Waals surface area contributed by atoms with Crippen LogP contribution in [0.3, 0.4) is 0 Å². The zero-order chi connectivity index (χ0) is 11.4. The quantitative estimate of drug-likeness (QED) is 0.812. The molecule has 6 heteroatoms. The third-order valence-electron chi connectivity index (χ3n) is 1.86. The molecule has 0 saturated heterocycles. The Hall–Kier alpha value is -2.37. The van der Waals surface area contributed by atoms with Crippen molar-refractivity contribution in [2.45, 2.75) is 0 Å². The number of rotatable bonds is 4. The molecule has 1 amide bonds. The molecule has 0 spiro atoms. The number of aromatic nitrogens is 2. The summed E-state index contributed by atoms with van der Waals surface area (Å²) in [5, 5.41) is 7.25. The van der Waals surface area contributed by atoms with Gasteiger partial charge in [0, 0.05) is 5.56 Å². The van der Waals surface area contributed by atoms with E-state index in [1.165, 1.54) is 0 Å². The average Bonchev–Trinajstić information content (AvgIpc) is 2.75. The number of carbonyl (C=O) groups excluding carboxylic acids is 1. The molecule has 0 saturated carbocycles. The Labute approximate surface area is 91.0 Å². The number of hydrogen-bond donors (Lipinski definition) is 1. The largest absolute Gasteiger partial charge is 0.464 e. The molecule has 2 N–H and O–H groups in total. The molecule has 0 fully saturated rings. The number of primary amides is 1. The SMILES string of the molecule is NC(=O)COc1nonc1-c1ccccc1. The number of benzene rings is 1. The molecule has 0 atom stereocenters. The van der Waals surface area contributed by atoms with Gasteiger partial charge >= 0.3 is 0 Å². The summed E-state index contributed by atoms with van der Waals surface area (Å²) in [6, 6.07) is 9.23. The van der Waals surface area contributed by atoms with E-state index >= 15 is 0 Å². The van der Waals surface area contributed by atoms with Gasteiger partial charge in [-0.15, -0.1) is 0 Å². The zero-order valence-electron chi connectivity index (χ0n) is 8.29. The second kappa shape index (κ2) is 4.43. The van der Waals surface area contributed by atoms with Crippen molar-refractivity contribution in [3.8, 4) is 17.1 Å². The van der Waals surface area contributed by atoms with Crippen LogP contribution < -0.4 is 10.5 Å². The summed E-state index contributed by atoms with van der Waals surface area (Å²) in [5.41, 5.74) is 6.20. The van der Waals surface area contributed by atoms with E-state index in [0.717, 1.165) is 5.56 Å². The minimum absolute atomic E-state index is 0.157. The topological polar surface area (TPSA) is 91.2 Å². The normalized spacial score (nSPS) is 10.0. The lowest BCUT2D eigenvalue weighted by Crippen LogP contribution is -2.20. The van der Waals surface area contributed by atoms with Gasteiger partial charge in [-0.2, -0.15) is 0 Å². The monoisotopic (exact) mass is 219 g/mol. The molecule has 0 aliphatic carbocycles. The first-order valence-electron chi connectivity index (χ1n) is 4.56. The van der Waals surface area contributed by atoms with Gasteiger partial charge in [-0.3, -0.25) is 4.79 Å². The Kier molecular flexibility index (Phi) is 2.81. The van der Waals surface area contributed by atoms with Crippen molar-refractivity contribution < 1.29 is 14.2 Å². The second-order valence-corrected chi connectivity index (χ2v) is 3.04. The maximum Gasteiger partial charge on any atom is 0.284 e.